The van der Waals surface area contributed by atoms with Gasteiger partial charge in [-0.3, -0.25) is 4.79 Å². The third-order valence-electron chi connectivity index (χ3n) is 4.97. The van der Waals surface area contributed by atoms with E-state index in [1.54, 1.807) is 35.0 Å². The van der Waals surface area contributed by atoms with E-state index in [-0.39, 0.29) is 17.2 Å². The third-order valence-corrected chi connectivity index (χ3v) is 5.22. The van der Waals surface area contributed by atoms with Gasteiger partial charge >= 0.3 is 5.97 Å². The van der Waals surface area contributed by atoms with Gasteiger partial charge in [-0.2, -0.15) is 5.10 Å². The van der Waals surface area contributed by atoms with Crippen molar-refractivity contribution in [2.75, 3.05) is 10.6 Å². The Hall–Kier alpha value is -3.58. The van der Waals surface area contributed by atoms with Gasteiger partial charge in [0.1, 0.15) is 17.1 Å². The molecule has 3 N–H and O–H groups in total. The van der Waals surface area contributed by atoms with Gasteiger partial charge in [-0.15, -0.1) is 0 Å². The highest BCUT2D eigenvalue weighted by Crippen LogP contribution is 2.33. The highest BCUT2D eigenvalue weighted by atomic mass is 35.5. The molecule has 0 bridgehead atoms. The first-order chi connectivity index (χ1) is 14.5. The lowest BCUT2D eigenvalue weighted by Gasteiger charge is -2.24. The number of aryl methyl sites for hydroxylation is 1. The van der Waals surface area contributed by atoms with Crippen LogP contribution < -0.4 is 10.6 Å². The summed E-state index contributed by atoms with van der Waals surface area (Å²) in [6.45, 7) is 2.01. The van der Waals surface area contributed by atoms with Crippen molar-refractivity contribution in [2.45, 2.75) is 19.4 Å². The number of halogens is 1. The van der Waals surface area contributed by atoms with E-state index in [0.717, 1.165) is 17.5 Å². The number of hydrogen-bond acceptors (Lipinski definition) is 4. The van der Waals surface area contributed by atoms with Crippen LogP contribution in [0.1, 0.15) is 34.5 Å². The van der Waals surface area contributed by atoms with Crippen molar-refractivity contribution in [3.63, 3.8) is 0 Å². The molecule has 30 heavy (non-hydrogen) atoms. The third kappa shape index (κ3) is 3.67. The zero-order chi connectivity index (χ0) is 21.3. The fourth-order valence-corrected chi connectivity index (χ4v) is 3.55. The predicted molar refractivity (Wildman–Crippen MR) is 115 cm³/mol. The summed E-state index contributed by atoms with van der Waals surface area (Å²) >= 11 is 5.98. The zero-order valence-corrected chi connectivity index (χ0v) is 16.8. The topological polar surface area (TPSA) is 96.3 Å². The van der Waals surface area contributed by atoms with E-state index in [1.807, 2.05) is 31.2 Å². The highest BCUT2D eigenvalue weighted by Gasteiger charge is 2.29. The highest BCUT2D eigenvalue weighted by molar-refractivity contribution is 6.30. The molecule has 1 atom stereocenters. The summed E-state index contributed by atoms with van der Waals surface area (Å²) in [5.41, 5.74) is 2.75. The molecule has 8 heteroatoms. The quantitative estimate of drug-likeness (QED) is 0.568. The number of benzene rings is 2. The summed E-state index contributed by atoms with van der Waals surface area (Å²) in [6, 6.07) is 14.1. The average molecular weight is 423 g/mol. The Balaban J connectivity index is 1.72. The maximum Gasteiger partial charge on any atom is 0.352 e. The van der Waals surface area contributed by atoms with Crippen LogP contribution in [0, 0.1) is 0 Å². The maximum atomic E-state index is 13.0. The molecule has 0 aliphatic carbocycles. The standard InChI is InChI=1S/C22H19ClN4O3/c1-2-13-5-3-4-6-17(13)26-21(28)16-12-24-27-19(14-7-9-15(23)10-8-14)11-18(22(29)30)25-20(16)27/h3-12,19,25H,2H2,1H3,(H,26,28)(H,29,30)/t19-/m1/s1. The van der Waals surface area contributed by atoms with E-state index < -0.39 is 12.0 Å². The minimum Gasteiger partial charge on any atom is -0.477 e. The number of hydrogen-bond donors (Lipinski definition) is 3. The minimum absolute atomic E-state index is 0.0223. The summed E-state index contributed by atoms with van der Waals surface area (Å²) < 4.78 is 1.59. The van der Waals surface area contributed by atoms with Crippen LogP contribution in [0.15, 0.2) is 66.5 Å². The van der Waals surface area contributed by atoms with Crippen molar-refractivity contribution in [1.29, 1.82) is 0 Å². The van der Waals surface area contributed by atoms with Crippen LogP contribution in [0.2, 0.25) is 5.02 Å². The molecule has 1 aromatic heterocycles. The Morgan fingerprint density at radius 2 is 1.93 bits per heavy atom. The van der Waals surface area contributed by atoms with Crippen LogP contribution in [0.3, 0.4) is 0 Å². The monoisotopic (exact) mass is 422 g/mol. The number of aliphatic carboxylic acids is 1. The molecular weight excluding hydrogens is 404 g/mol. The van der Waals surface area contributed by atoms with Crippen molar-refractivity contribution in [3.8, 4) is 0 Å². The molecule has 0 fully saturated rings. The number of carboxylic acids is 1. The smallest absolute Gasteiger partial charge is 0.352 e. The molecule has 0 spiro atoms. The van der Waals surface area contributed by atoms with Crippen LogP contribution in [-0.4, -0.2) is 26.8 Å². The first-order valence-corrected chi connectivity index (χ1v) is 9.80. The Morgan fingerprint density at radius 1 is 1.20 bits per heavy atom. The summed E-state index contributed by atoms with van der Waals surface area (Å²) in [5, 5.41) is 20.2. The van der Waals surface area contributed by atoms with Gasteiger partial charge in [0, 0.05) is 10.7 Å². The van der Waals surface area contributed by atoms with Gasteiger partial charge in [0.25, 0.3) is 5.91 Å². The van der Waals surface area contributed by atoms with Crippen LogP contribution in [0.25, 0.3) is 0 Å². The fraction of sp³-hybridized carbons (Fsp3) is 0.136. The van der Waals surface area contributed by atoms with Gasteiger partial charge in [0.2, 0.25) is 0 Å². The summed E-state index contributed by atoms with van der Waals surface area (Å²) in [5.74, 6) is -1.17. The summed E-state index contributed by atoms with van der Waals surface area (Å²) in [6.07, 6.45) is 3.76. The first kappa shape index (κ1) is 19.7. The zero-order valence-electron chi connectivity index (χ0n) is 16.1. The van der Waals surface area contributed by atoms with Crippen molar-refractivity contribution >= 4 is 35.0 Å². The Labute approximate surface area is 178 Å². The first-order valence-electron chi connectivity index (χ1n) is 9.42. The second-order valence-electron chi connectivity index (χ2n) is 6.82. The number of aromatic nitrogens is 2. The molecule has 7 nitrogen and oxygen atoms in total. The molecule has 2 aromatic carbocycles. The normalized spacial score (nSPS) is 15.0. The van der Waals surface area contributed by atoms with E-state index in [0.29, 0.717) is 16.5 Å². The lowest BCUT2D eigenvalue weighted by Crippen LogP contribution is -2.25. The molecule has 0 saturated heterocycles. The second-order valence-corrected chi connectivity index (χ2v) is 7.26. The van der Waals surface area contributed by atoms with Gasteiger partial charge in [-0.25, -0.2) is 9.48 Å². The Bertz CT molecular complexity index is 1150. The number of rotatable bonds is 5. The maximum absolute atomic E-state index is 13.0. The molecule has 0 saturated carbocycles. The number of para-hydroxylation sites is 1. The van der Waals surface area contributed by atoms with Crippen molar-refractivity contribution < 1.29 is 14.7 Å². The second kappa shape index (κ2) is 8.04. The van der Waals surface area contributed by atoms with Crippen LogP contribution in [0.4, 0.5) is 11.5 Å². The van der Waals surface area contributed by atoms with Crippen molar-refractivity contribution in [3.05, 3.63) is 88.2 Å². The van der Waals surface area contributed by atoms with E-state index in [2.05, 4.69) is 15.7 Å². The number of anilines is 2. The average Bonchev–Trinajstić information content (AvgIpc) is 3.18. The number of carboxylic acid groups (broad SMARTS) is 1. The number of fused-ring (bicyclic) bond motifs is 1. The minimum atomic E-state index is -1.12. The molecule has 0 unspecified atom stereocenters. The van der Waals surface area contributed by atoms with Gasteiger partial charge in [-0.1, -0.05) is 48.9 Å². The predicted octanol–water partition coefficient (Wildman–Crippen LogP) is 4.33. The van der Waals surface area contributed by atoms with Crippen LogP contribution >= 0.6 is 11.6 Å². The van der Waals surface area contributed by atoms with Crippen molar-refractivity contribution in [1.82, 2.24) is 9.78 Å². The van der Waals surface area contributed by atoms with Gasteiger partial charge in [0.15, 0.2) is 0 Å². The lowest BCUT2D eigenvalue weighted by molar-refractivity contribution is -0.132. The molecule has 1 amide bonds. The van der Waals surface area contributed by atoms with E-state index in [1.165, 1.54) is 6.20 Å². The fourth-order valence-electron chi connectivity index (χ4n) is 3.42. The SMILES string of the molecule is CCc1ccccc1NC(=O)c1cnn2c1NC(C(=O)O)=C[C@@H]2c1ccc(Cl)cc1. The number of carbonyl (C=O) groups excluding carboxylic acids is 1. The Kier molecular flexibility index (Phi) is 5.29. The molecule has 1 aliphatic rings. The molecule has 152 valence electrons. The largest absolute Gasteiger partial charge is 0.477 e. The molecule has 3 aromatic rings. The molecular formula is C22H19ClN4O3. The number of nitrogens with one attached hydrogen (secondary N) is 2. The Morgan fingerprint density at radius 3 is 2.63 bits per heavy atom. The van der Waals surface area contributed by atoms with Gasteiger partial charge in [-0.05, 0) is 41.8 Å². The van der Waals surface area contributed by atoms with E-state index in [4.69, 9.17) is 11.6 Å². The van der Waals surface area contributed by atoms with Gasteiger partial charge < -0.3 is 15.7 Å². The lowest BCUT2D eigenvalue weighted by atomic mass is 10.0. The summed E-state index contributed by atoms with van der Waals surface area (Å²) in [4.78, 5) is 24.7. The number of allylic oxidation sites excluding steroid dienone is 1. The molecule has 2 heterocycles. The molecule has 1 aliphatic heterocycles. The molecule has 0 radical (unpaired) electrons. The van der Waals surface area contributed by atoms with E-state index >= 15 is 0 Å². The molecule has 4 rings (SSSR count). The number of amides is 1. The number of carbonyl (C=O) groups is 2. The van der Waals surface area contributed by atoms with Crippen molar-refractivity contribution in [2.24, 2.45) is 0 Å². The van der Waals surface area contributed by atoms with Crippen LogP contribution in [-0.2, 0) is 11.2 Å². The number of nitrogens with zero attached hydrogens (tertiary/aromatic N) is 2. The summed E-state index contributed by atoms with van der Waals surface area (Å²) in [7, 11) is 0. The van der Waals surface area contributed by atoms with E-state index in [9.17, 15) is 14.7 Å². The van der Waals surface area contributed by atoms with Crippen LogP contribution in [0.5, 0.6) is 0 Å². The van der Waals surface area contributed by atoms with Gasteiger partial charge in [0.05, 0.1) is 12.2 Å².